The normalized spacial score (nSPS) is 15.0. The zero-order valence-electron chi connectivity index (χ0n) is 16.7. The SMILES string of the molecule is CCOC(=O)N1CCN(C(=O)CCNS(=O)(=O)c2ccc(C(C)C)cc2)CC1. The molecule has 156 valence electrons. The highest BCUT2D eigenvalue weighted by Gasteiger charge is 2.25. The van der Waals surface area contributed by atoms with Crippen molar-refractivity contribution in [3.05, 3.63) is 29.8 Å². The van der Waals surface area contributed by atoms with E-state index >= 15 is 0 Å². The number of nitrogens with zero attached hydrogens (tertiary/aromatic N) is 2. The van der Waals surface area contributed by atoms with Gasteiger partial charge in [0.1, 0.15) is 0 Å². The molecule has 1 heterocycles. The van der Waals surface area contributed by atoms with Gasteiger partial charge in [0.15, 0.2) is 0 Å². The number of benzene rings is 1. The maximum absolute atomic E-state index is 12.4. The molecule has 1 aromatic carbocycles. The van der Waals surface area contributed by atoms with Gasteiger partial charge in [-0.2, -0.15) is 0 Å². The molecule has 9 heteroatoms. The molecular weight excluding hydrogens is 382 g/mol. The average molecular weight is 412 g/mol. The van der Waals surface area contributed by atoms with Gasteiger partial charge in [-0.3, -0.25) is 4.79 Å². The van der Waals surface area contributed by atoms with Crippen molar-refractivity contribution in [2.24, 2.45) is 0 Å². The summed E-state index contributed by atoms with van der Waals surface area (Å²) in [6.07, 6.45) is -0.297. The first-order valence-corrected chi connectivity index (χ1v) is 11.0. The van der Waals surface area contributed by atoms with Crippen molar-refractivity contribution >= 4 is 22.0 Å². The highest BCUT2D eigenvalue weighted by molar-refractivity contribution is 7.89. The molecule has 0 unspecified atom stereocenters. The summed E-state index contributed by atoms with van der Waals surface area (Å²) in [6, 6.07) is 6.75. The lowest BCUT2D eigenvalue weighted by Gasteiger charge is -2.34. The summed E-state index contributed by atoms with van der Waals surface area (Å²) in [5.41, 5.74) is 1.07. The molecule has 1 N–H and O–H groups in total. The van der Waals surface area contributed by atoms with E-state index in [1.165, 1.54) is 0 Å². The Labute approximate surface area is 166 Å². The molecular formula is C19H29N3O5S. The first kappa shape index (κ1) is 22.2. The van der Waals surface area contributed by atoms with E-state index in [-0.39, 0.29) is 29.9 Å². The molecule has 0 aromatic heterocycles. The van der Waals surface area contributed by atoms with Gasteiger partial charge in [0.25, 0.3) is 0 Å². The predicted molar refractivity (Wildman–Crippen MR) is 106 cm³/mol. The van der Waals surface area contributed by atoms with Crippen molar-refractivity contribution in [3.63, 3.8) is 0 Å². The lowest BCUT2D eigenvalue weighted by Crippen LogP contribution is -2.51. The third kappa shape index (κ3) is 5.93. The van der Waals surface area contributed by atoms with Crippen LogP contribution in [0.25, 0.3) is 0 Å². The minimum Gasteiger partial charge on any atom is -0.450 e. The van der Waals surface area contributed by atoms with Crippen LogP contribution in [0.15, 0.2) is 29.2 Å². The van der Waals surface area contributed by atoms with Gasteiger partial charge < -0.3 is 14.5 Å². The van der Waals surface area contributed by atoms with Gasteiger partial charge in [-0.15, -0.1) is 0 Å². The number of sulfonamides is 1. The van der Waals surface area contributed by atoms with Crippen LogP contribution in [0.2, 0.25) is 0 Å². The largest absolute Gasteiger partial charge is 0.450 e. The molecule has 0 radical (unpaired) electrons. The second kappa shape index (κ2) is 9.88. The zero-order chi connectivity index (χ0) is 20.7. The van der Waals surface area contributed by atoms with Gasteiger partial charge in [-0.1, -0.05) is 26.0 Å². The molecule has 0 saturated carbocycles. The molecule has 8 nitrogen and oxygen atoms in total. The van der Waals surface area contributed by atoms with Crippen LogP contribution in [0.5, 0.6) is 0 Å². The summed E-state index contributed by atoms with van der Waals surface area (Å²) >= 11 is 0. The molecule has 0 aliphatic carbocycles. The van der Waals surface area contributed by atoms with Crippen LogP contribution in [-0.2, 0) is 19.6 Å². The van der Waals surface area contributed by atoms with E-state index in [1.807, 2.05) is 13.8 Å². The van der Waals surface area contributed by atoms with Crippen molar-refractivity contribution in [1.29, 1.82) is 0 Å². The molecule has 1 aliphatic rings. The van der Waals surface area contributed by atoms with Gasteiger partial charge >= 0.3 is 6.09 Å². The average Bonchev–Trinajstić information content (AvgIpc) is 2.68. The van der Waals surface area contributed by atoms with Crippen LogP contribution in [0.1, 0.15) is 38.7 Å². The van der Waals surface area contributed by atoms with Crippen molar-refractivity contribution < 1.29 is 22.7 Å². The Morgan fingerprint density at radius 2 is 1.64 bits per heavy atom. The molecule has 1 aromatic rings. The van der Waals surface area contributed by atoms with Gasteiger partial charge in [-0.25, -0.2) is 17.9 Å². The van der Waals surface area contributed by atoms with E-state index in [0.29, 0.717) is 38.7 Å². The second-order valence-electron chi connectivity index (χ2n) is 6.94. The number of amides is 2. The Hall–Kier alpha value is -2.13. The number of hydrogen-bond acceptors (Lipinski definition) is 5. The van der Waals surface area contributed by atoms with Crippen molar-refractivity contribution in [2.45, 2.75) is 38.0 Å². The lowest BCUT2D eigenvalue weighted by molar-refractivity contribution is -0.132. The van der Waals surface area contributed by atoms with E-state index in [2.05, 4.69) is 4.72 Å². The molecule has 1 fully saturated rings. The Bertz CT molecular complexity index is 769. The Morgan fingerprint density at radius 3 is 2.18 bits per heavy atom. The summed E-state index contributed by atoms with van der Waals surface area (Å²) in [5.74, 6) is 0.188. The number of piperazine rings is 1. The summed E-state index contributed by atoms with van der Waals surface area (Å²) in [5, 5.41) is 0. The molecule has 2 rings (SSSR count). The van der Waals surface area contributed by atoms with E-state index in [0.717, 1.165) is 5.56 Å². The number of nitrogens with one attached hydrogen (secondary N) is 1. The fourth-order valence-electron chi connectivity index (χ4n) is 2.92. The highest BCUT2D eigenvalue weighted by Crippen LogP contribution is 2.17. The Morgan fingerprint density at radius 1 is 1.07 bits per heavy atom. The number of rotatable bonds is 7. The van der Waals surface area contributed by atoms with Gasteiger partial charge in [-0.05, 0) is 30.5 Å². The zero-order valence-corrected chi connectivity index (χ0v) is 17.5. The predicted octanol–water partition coefficient (Wildman–Crippen LogP) is 1.78. The number of carbonyl (C=O) groups excluding carboxylic acids is 2. The molecule has 0 atom stereocenters. The lowest BCUT2D eigenvalue weighted by atomic mass is 10.0. The smallest absolute Gasteiger partial charge is 0.409 e. The summed E-state index contributed by atoms with van der Waals surface area (Å²) in [6.45, 7) is 7.85. The maximum Gasteiger partial charge on any atom is 0.409 e. The van der Waals surface area contributed by atoms with Crippen molar-refractivity contribution in [3.8, 4) is 0 Å². The maximum atomic E-state index is 12.4. The van der Waals surface area contributed by atoms with Gasteiger partial charge in [0.05, 0.1) is 11.5 Å². The summed E-state index contributed by atoms with van der Waals surface area (Å²) < 4.78 is 32.1. The first-order chi connectivity index (χ1) is 13.2. The Balaban J connectivity index is 1.79. The third-order valence-electron chi connectivity index (χ3n) is 4.65. The van der Waals surface area contributed by atoms with Crippen LogP contribution in [0.4, 0.5) is 4.79 Å². The fourth-order valence-corrected chi connectivity index (χ4v) is 3.95. The van der Waals surface area contributed by atoms with Crippen LogP contribution < -0.4 is 4.72 Å². The van der Waals surface area contributed by atoms with Crippen LogP contribution in [-0.4, -0.2) is 69.5 Å². The minimum atomic E-state index is -3.65. The summed E-state index contributed by atoms with van der Waals surface area (Å²) in [4.78, 5) is 27.4. The van der Waals surface area contributed by atoms with Gasteiger partial charge in [0.2, 0.25) is 15.9 Å². The Kier molecular flexibility index (Phi) is 7.82. The van der Waals surface area contributed by atoms with Gasteiger partial charge in [0, 0.05) is 39.1 Å². The van der Waals surface area contributed by atoms with Crippen LogP contribution >= 0.6 is 0 Å². The number of hydrogen-bond donors (Lipinski definition) is 1. The monoisotopic (exact) mass is 411 g/mol. The quantitative estimate of drug-likeness (QED) is 0.738. The van der Waals surface area contributed by atoms with Crippen molar-refractivity contribution in [2.75, 3.05) is 39.3 Å². The highest BCUT2D eigenvalue weighted by atomic mass is 32.2. The molecule has 1 saturated heterocycles. The van der Waals surface area contributed by atoms with Crippen LogP contribution in [0.3, 0.4) is 0 Å². The number of carbonyl (C=O) groups is 2. The van der Waals surface area contributed by atoms with E-state index in [4.69, 9.17) is 4.74 Å². The topological polar surface area (TPSA) is 96.0 Å². The second-order valence-corrected chi connectivity index (χ2v) is 8.71. The van der Waals surface area contributed by atoms with E-state index in [1.54, 1.807) is 41.0 Å². The molecule has 2 amide bonds. The summed E-state index contributed by atoms with van der Waals surface area (Å²) in [7, 11) is -3.65. The van der Waals surface area contributed by atoms with Crippen LogP contribution in [0, 0.1) is 0 Å². The molecule has 1 aliphatic heterocycles. The standard InChI is InChI=1S/C19H29N3O5S/c1-4-27-19(24)22-13-11-21(12-14-22)18(23)9-10-20-28(25,26)17-7-5-16(6-8-17)15(2)3/h5-8,15,20H,4,9-14H2,1-3H3. The fraction of sp³-hybridized carbons (Fsp3) is 0.579. The van der Waals surface area contributed by atoms with E-state index in [9.17, 15) is 18.0 Å². The minimum absolute atomic E-state index is 0.0329. The van der Waals surface area contributed by atoms with E-state index < -0.39 is 10.0 Å². The van der Waals surface area contributed by atoms with Crippen molar-refractivity contribution in [1.82, 2.24) is 14.5 Å². The third-order valence-corrected chi connectivity index (χ3v) is 6.12. The first-order valence-electron chi connectivity index (χ1n) is 9.53. The molecule has 0 spiro atoms. The molecule has 0 bridgehead atoms. The molecule has 28 heavy (non-hydrogen) atoms. The number of ether oxygens (including phenoxy) is 1.